The Morgan fingerprint density at radius 2 is 1.75 bits per heavy atom. The number of rotatable bonds is 2. The Hall–Kier alpha value is -0.657. The maximum absolute atomic E-state index is 5.10. The van der Waals surface area contributed by atoms with E-state index < -0.39 is 0 Å². The van der Waals surface area contributed by atoms with Gasteiger partial charge < -0.3 is 4.74 Å². The summed E-state index contributed by atoms with van der Waals surface area (Å²) in [5, 5.41) is 0. The average molecular weight is 329 g/mol. The molecular formula is C13H11BrOZn. The average Bonchev–Trinajstić information content (AvgIpc) is 2.42. The van der Waals surface area contributed by atoms with Gasteiger partial charge in [0, 0.05) is 0 Å². The van der Waals surface area contributed by atoms with E-state index in [1.165, 1.54) is 27.5 Å². The topological polar surface area (TPSA) is 9.23 Å². The molecule has 0 aliphatic carbocycles. The van der Waals surface area contributed by atoms with Crippen molar-refractivity contribution in [1.82, 2.24) is 0 Å². The summed E-state index contributed by atoms with van der Waals surface area (Å²) in [5.74, 6) is 0.883. The molecule has 0 aromatic heterocycles. The Bertz CT molecular complexity index is 400. The van der Waals surface area contributed by atoms with Crippen LogP contribution < -0.4 is 4.74 Å². The van der Waals surface area contributed by atoms with Crippen molar-refractivity contribution in [2.75, 3.05) is 7.11 Å². The number of hydrogen-bond acceptors (Lipinski definition) is 1. The molecule has 0 saturated heterocycles. The van der Waals surface area contributed by atoms with Crippen LogP contribution in [0.3, 0.4) is 0 Å². The molecule has 2 aromatic rings. The summed E-state index contributed by atoms with van der Waals surface area (Å²) in [6.07, 6.45) is 0. The number of halogens is 1. The molecule has 0 radical (unpaired) electrons. The molecule has 0 aliphatic heterocycles. The second-order valence-corrected chi connectivity index (χ2v) is 3.02. The van der Waals surface area contributed by atoms with E-state index in [4.69, 9.17) is 4.74 Å². The fourth-order valence-electron chi connectivity index (χ4n) is 1.36. The van der Waals surface area contributed by atoms with Gasteiger partial charge >= 0.3 is 30.0 Å². The molecule has 0 spiro atoms. The van der Waals surface area contributed by atoms with Crippen LogP contribution in [0.4, 0.5) is 0 Å². The first kappa shape index (κ1) is 13.4. The summed E-state index contributed by atoms with van der Waals surface area (Å²) in [6, 6.07) is 19.0. The van der Waals surface area contributed by atoms with E-state index in [-0.39, 0.29) is 0 Å². The number of ether oxygens (including phenoxy) is 1. The zero-order chi connectivity index (χ0) is 11.8. The molecule has 16 heavy (non-hydrogen) atoms. The predicted molar refractivity (Wildman–Crippen MR) is 66.2 cm³/mol. The summed E-state index contributed by atoms with van der Waals surface area (Å²) in [7, 11) is 1.67. The molecule has 78 valence electrons. The van der Waals surface area contributed by atoms with Crippen LogP contribution in [0.25, 0.3) is 11.1 Å². The Labute approximate surface area is 113 Å². The third kappa shape index (κ3) is 3.73. The van der Waals surface area contributed by atoms with Crippen LogP contribution in [0.5, 0.6) is 5.75 Å². The van der Waals surface area contributed by atoms with Gasteiger partial charge in [-0.3, -0.25) is 0 Å². The van der Waals surface area contributed by atoms with Gasteiger partial charge in [0.2, 0.25) is 0 Å². The van der Waals surface area contributed by atoms with Gasteiger partial charge in [-0.1, -0.05) is 17.7 Å². The second-order valence-electron chi connectivity index (χ2n) is 3.02. The molecule has 2 rings (SSSR count). The van der Waals surface area contributed by atoms with Crippen LogP contribution in [-0.2, 0) is 16.3 Å². The molecule has 0 N–H and O–H groups in total. The van der Waals surface area contributed by atoms with Gasteiger partial charge in [0.05, 0.1) is 7.11 Å². The molecule has 0 atom stereocenters. The molecule has 3 heteroatoms. The van der Waals surface area contributed by atoms with Crippen LogP contribution in [0, 0.1) is 6.07 Å². The van der Waals surface area contributed by atoms with E-state index in [9.17, 15) is 0 Å². The Balaban J connectivity index is 0.000000606. The minimum absolute atomic E-state index is 0.883. The standard InChI is InChI=1S/C13H11O.BrH.Zn/c1-14-13-9-7-12(8-10-13)11-5-3-2-4-6-11;;/h2-3,5-10H,1H3;1H;/q-1;;+2/p-1. The van der Waals surface area contributed by atoms with Gasteiger partial charge in [0.15, 0.2) is 0 Å². The summed E-state index contributed by atoms with van der Waals surface area (Å²) < 4.78 is 5.10. The molecule has 2 aromatic carbocycles. The van der Waals surface area contributed by atoms with Gasteiger partial charge in [-0.15, -0.1) is 5.56 Å². The van der Waals surface area contributed by atoms with Crippen molar-refractivity contribution in [3.05, 3.63) is 54.6 Å². The molecule has 0 saturated carbocycles. The van der Waals surface area contributed by atoms with Crippen LogP contribution in [0.15, 0.2) is 48.5 Å². The molecule has 0 bridgehead atoms. The summed E-state index contributed by atoms with van der Waals surface area (Å²) >= 11 is 4.25. The maximum atomic E-state index is 5.10. The van der Waals surface area contributed by atoms with Gasteiger partial charge in [0.1, 0.15) is 5.75 Å². The van der Waals surface area contributed by atoms with E-state index >= 15 is 0 Å². The fourth-order valence-corrected chi connectivity index (χ4v) is 1.36. The van der Waals surface area contributed by atoms with Crippen molar-refractivity contribution < 1.29 is 21.1 Å². The Kier molecular flexibility index (Phi) is 6.36. The van der Waals surface area contributed by atoms with E-state index in [1.807, 2.05) is 42.5 Å². The van der Waals surface area contributed by atoms with Crippen LogP contribution in [0.1, 0.15) is 0 Å². The van der Waals surface area contributed by atoms with Crippen molar-refractivity contribution in [1.29, 1.82) is 0 Å². The normalized spacial score (nSPS) is 9.00. The zero-order valence-electron chi connectivity index (χ0n) is 9.11. The van der Waals surface area contributed by atoms with E-state index in [1.54, 1.807) is 7.11 Å². The van der Waals surface area contributed by atoms with E-state index in [0.717, 1.165) is 5.75 Å². The summed E-state index contributed by atoms with van der Waals surface area (Å²) in [5.41, 5.74) is 2.36. The second kappa shape index (κ2) is 7.59. The third-order valence-corrected chi connectivity index (χ3v) is 2.13. The molecule has 0 aliphatic rings. The minimum atomic E-state index is 0.883. The molecule has 1 nitrogen and oxygen atoms in total. The van der Waals surface area contributed by atoms with Gasteiger partial charge in [-0.2, -0.15) is 30.3 Å². The third-order valence-electron chi connectivity index (χ3n) is 2.13. The first-order valence-corrected chi connectivity index (χ1v) is 11.7. The van der Waals surface area contributed by atoms with Crippen LogP contribution in [-0.4, -0.2) is 7.11 Å². The first-order valence-electron chi connectivity index (χ1n) is 4.77. The number of hydrogen-bond donors (Lipinski definition) is 0. The van der Waals surface area contributed by atoms with Crippen molar-refractivity contribution in [2.24, 2.45) is 0 Å². The van der Waals surface area contributed by atoms with Crippen LogP contribution >= 0.6 is 13.6 Å². The van der Waals surface area contributed by atoms with E-state index in [2.05, 4.69) is 25.8 Å². The quantitative estimate of drug-likeness (QED) is 0.598. The summed E-state index contributed by atoms with van der Waals surface area (Å²) in [6.45, 7) is 0. The van der Waals surface area contributed by atoms with Gasteiger partial charge in [-0.25, -0.2) is 0 Å². The van der Waals surface area contributed by atoms with Crippen LogP contribution in [0.2, 0.25) is 0 Å². The molecule has 0 fully saturated rings. The Morgan fingerprint density at radius 1 is 1.06 bits per heavy atom. The van der Waals surface area contributed by atoms with Crippen molar-refractivity contribution in [3.8, 4) is 16.9 Å². The number of methoxy groups -OCH3 is 1. The van der Waals surface area contributed by atoms with Crippen molar-refractivity contribution in [2.45, 2.75) is 0 Å². The van der Waals surface area contributed by atoms with Gasteiger partial charge in [-0.05, 0) is 12.1 Å². The zero-order valence-corrected chi connectivity index (χ0v) is 13.7. The van der Waals surface area contributed by atoms with Crippen molar-refractivity contribution >= 4 is 13.6 Å². The SMILES string of the molecule is COc1ccc(-c2c[c-]ccc2)cc1.[Zn+][Br]. The molecule has 0 unspecified atom stereocenters. The molecule has 0 amide bonds. The molecule has 0 heterocycles. The van der Waals surface area contributed by atoms with Gasteiger partial charge in [0.25, 0.3) is 0 Å². The Morgan fingerprint density at radius 3 is 2.25 bits per heavy atom. The first-order chi connectivity index (χ1) is 7.90. The summed E-state index contributed by atoms with van der Waals surface area (Å²) in [4.78, 5) is 0. The van der Waals surface area contributed by atoms with E-state index in [0.29, 0.717) is 0 Å². The number of benzene rings is 2. The predicted octanol–water partition coefficient (Wildman–Crippen LogP) is 4.01. The monoisotopic (exact) mass is 326 g/mol. The van der Waals surface area contributed by atoms with Crippen molar-refractivity contribution in [3.63, 3.8) is 0 Å². The fraction of sp³-hybridized carbons (Fsp3) is 0.0769. The molecular weight excluding hydrogens is 317 g/mol.